The van der Waals surface area contributed by atoms with Crippen molar-refractivity contribution in [3.63, 3.8) is 0 Å². The average Bonchev–Trinajstić information content (AvgIpc) is 3.26. The zero-order chi connectivity index (χ0) is 18.0. The summed E-state index contributed by atoms with van der Waals surface area (Å²) in [6.45, 7) is 3.51. The minimum atomic E-state index is -0.507. The fraction of sp³-hybridized carbons (Fsp3) is 0.625. The summed E-state index contributed by atoms with van der Waals surface area (Å²) >= 11 is 0.854. The zero-order valence-corrected chi connectivity index (χ0v) is 16.1. The molecule has 1 aromatic heterocycles. The van der Waals surface area contributed by atoms with Gasteiger partial charge in [0.1, 0.15) is 6.04 Å². The number of hydrogen-bond donors (Lipinski definition) is 2. The van der Waals surface area contributed by atoms with Gasteiger partial charge in [-0.2, -0.15) is 0 Å². The Morgan fingerprint density at radius 3 is 2.77 bits per heavy atom. The first-order valence-corrected chi connectivity index (χ1v) is 9.38. The lowest BCUT2D eigenvalue weighted by Gasteiger charge is -2.32. The van der Waals surface area contributed by atoms with Crippen LogP contribution in [0.3, 0.4) is 0 Å². The van der Waals surface area contributed by atoms with Crippen LogP contribution in [0.2, 0.25) is 0 Å². The lowest BCUT2D eigenvalue weighted by molar-refractivity contribution is -0.380. The molecule has 8 nitrogen and oxygen atoms in total. The summed E-state index contributed by atoms with van der Waals surface area (Å²) in [7, 11) is 0. The van der Waals surface area contributed by atoms with Crippen molar-refractivity contribution in [1.82, 2.24) is 15.5 Å². The van der Waals surface area contributed by atoms with Gasteiger partial charge in [0.05, 0.1) is 9.80 Å². The predicted molar refractivity (Wildman–Crippen MR) is 101 cm³/mol. The van der Waals surface area contributed by atoms with E-state index in [1.807, 2.05) is 6.92 Å². The highest BCUT2D eigenvalue weighted by Gasteiger charge is 2.37. The molecule has 0 spiro atoms. The number of halogens is 1. The first-order chi connectivity index (χ1) is 12.0. The number of carbonyl (C=O) groups excluding carboxylic acids is 2. The number of nitrogens with one attached hydrogen (secondary N) is 2. The van der Waals surface area contributed by atoms with Crippen LogP contribution in [0, 0.1) is 10.1 Å². The largest absolute Gasteiger partial charge is 0.350 e. The summed E-state index contributed by atoms with van der Waals surface area (Å²) in [6.07, 6.45) is 3.33. The molecule has 0 radical (unpaired) electrons. The van der Waals surface area contributed by atoms with Crippen molar-refractivity contribution in [2.75, 3.05) is 13.1 Å². The van der Waals surface area contributed by atoms with E-state index in [0.29, 0.717) is 17.8 Å². The molecule has 2 saturated heterocycles. The van der Waals surface area contributed by atoms with Crippen LogP contribution in [0.4, 0.5) is 5.00 Å². The number of likely N-dealkylation sites (tertiary alicyclic amines) is 1. The lowest BCUT2D eigenvalue weighted by atomic mass is 9.99. The third kappa shape index (κ3) is 4.33. The highest BCUT2D eigenvalue weighted by Crippen LogP contribution is 2.28. The Hall–Kier alpha value is -1.71. The van der Waals surface area contributed by atoms with Gasteiger partial charge in [-0.3, -0.25) is 19.7 Å². The summed E-state index contributed by atoms with van der Waals surface area (Å²) < 4.78 is 0. The van der Waals surface area contributed by atoms with Gasteiger partial charge in [0.15, 0.2) is 0 Å². The van der Waals surface area contributed by atoms with E-state index in [2.05, 4.69) is 10.6 Å². The topological polar surface area (TPSA) is 105 Å². The molecule has 0 saturated carbocycles. The Bertz CT molecular complexity index is 683. The van der Waals surface area contributed by atoms with E-state index in [9.17, 15) is 19.7 Å². The number of hydrogen-bond acceptors (Lipinski definition) is 6. The summed E-state index contributed by atoms with van der Waals surface area (Å²) in [4.78, 5) is 37.5. The summed E-state index contributed by atoms with van der Waals surface area (Å²) in [5.41, 5.74) is 0. The van der Waals surface area contributed by atoms with Crippen LogP contribution in [-0.4, -0.2) is 52.9 Å². The van der Waals surface area contributed by atoms with Gasteiger partial charge in [-0.1, -0.05) is 11.3 Å². The van der Waals surface area contributed by atoms with E-state index in [-0.39, 0.29) is 41.3 Å². The summed E-state index contributed by atoms with van der Waals surface area (Å²) in [5, 5.41) is 17.2. The van der Waals surface area contributed by atoms with Gasteiger partial charge >= 0.3 is 5.00 Å². The molecule has 2 aliphatic rings. The maximum atomic E-state index is 12.7. The number of carbonyl (C=O) groups is 2. The molecule has 2 fully saturated rings. The molecule has 10 heteroatoms. The van der Waals surface area contributed by atoms with E-state index >= 15 is 0 Å². The fourth-order valence-corrected chi connectivity index (χ4v) is 4.26. The lowest BCUT2D eigenvalue weighted by Crippen LogP contribution is -2.56. The van der Waals surface area contributed by atoms with Gasteiger partial charge < -0.3 is 15.5 Å². The Labute approximate surface area is 161 Å². The molecule has 144 valence electrons. The van der Waals surface area contributed by atoms with Crippen LogP contribution >= 0.6 is 23.7 Å². The molecule has 2 N–H and O–H groups in total. The summed E-state index contributed by atoms with van der Waals surface area (Å²) in [6, 6.07) is 2.58. The minimum absolute atomic E-state index is 0. The van der Waals surface area contributed by atoms with Gasteiger partial charge in [0, 0.05) is 24.7 Å². The molecule has 2 amide bonds. The predicted octanol–water partition coefficient (Wildman–Crippen LogP) is 1.94. The second-order valence-electron chi connectivity index (χ2n) is 6.55. The van der Waals surface area contributed by atoms with Crippen LogP contribution in [-0.2, 0) is 4.79 Å². The monoisotopic (exact) mass is 402 g/mol. The van der Waals surface area contributed by atoms with Crippen LogP contribution in [0.15, 0.2) is 12.1 Å². The van der Waals surface area contributed by atoms with Gasteiger partial charge in [-0.05, 0) is 45.2 Å². The molecular formula is C16H23ClN4O4S. The van der Waals surface area contributed by atoms with Crippen molar-refractivity contribution in [1.29, 1.82) is 0 Å². The van der Waals surface area contributed by atoms with Gasteiger partial charge in [-0.15, -0.1) is 12.4 Å². The maximum Gasteiger partial charge on any atom is 0.324 e. The smallest absolute Gasteiger partial charge is 0.324 e. The maximum absolute atomic E-state index is 12.7. The third-order valence-electron chi connectivity index (χ3n) is 4.89. The minimum Gasteiger partial charge on any atom is -0.350 e. The van der Waals surface area contributed by atoms with Gasteiger partial charge in [0.2, 0.25) is 5.91 Å². The molecule has 26 heavy (non-hydrogen) atoms. The molecule has 3 unspecified atom stereocenters. The summed E-state index contributed by atoms with van der Waals surface area (Å²) in [5.74, 6) is -0.428. The van der Waals surface area contributed by atoms with E-state index in [1.165, 1.54) is 12.1 Å². The van der Waals surface area contributed by atoms with Crippen molar-refractivity contribution in [2.24, 2.45) is 0 Å². The molecule has 3 atom stereocenters. The average molecular weight is 403 g/mol. The quantitative estimate of drug-likeness (QED) is 0.591. The SMILES string of the molecule is CC1NCCCC1NC(=O)C1CCCN1C(=O)c1ccc([N+](=O)[O-])s1.Cl. The van der Waals surface area contributed by atoms with Crippen LogP contribution in [0.25, 0.3) is 0 Å². The standard InChI is InChI=1S/C16H22N4O4S.ClH/c1-10-11(4-2-8-17-10)18-15(21)12-5-3-9-19(12)16(22)13-6-7-14(25-13)20(23)24;/h6-7,10-12,17H,2-5,8-9H2,1H3,(H,18,21);1H. The number of nitro groups is 1. The Morgan fingerprint density at radius 2 is 2.12 bits per heavy atom. The van der Waals surface area contributed by atoms with E-state index in [0.717, 1.165) is 37.1 Å². The van der Waals surface area contributed by atoms with Gasteiger partial charge in [0.25, 0.3) is 5.91 Å². The molecular weight excluding hydrogens is 380 g/mol. The normalized spacial score (nSPS) is 25.4. The molecule has 0 bridgehead atoms. The van der Waals surface area contributed by atoms with E-state index in [1.54, 1.807) is 4.90 Å². The number of nitrogens with zero attached hydrogens (tertiary/aromatic N) is 2. The fourth-order valence-electron chi connectivity index (χ4n) is 3.48. The highest BCUT2D eigenvalue weighted by atomic mass is 35.5. The van der Waals surface area contributed by atoms with Crippen LogP contribution in [0.1, 0.15) is 42.3 Å². The first-order valence-electron chi connectivity index (χ1n) is 8.56. The second-order valence-corrected chi connectivity index (χ2v) is 7.61. The first kappa shape index (κ1) is 20.6. The van der Waals surface area contributed by atoms with Crippen LogP contribution < -0.4 is 10.6 Å². The van der Waals surface area contributed by atoms with E-state index in [4.69, 9.17) is 0 Å². The zero-order valence-electron chi connectivity index (χ0n) is 14.5. The van der Waals surface area contributed by atoms with Crippen molar-refractivity contribution in [3.05, 3.63) is 27.1 Å². The highest BCUT2D eigenvalue weighted by molar-refractivity contribution is 7.17. The Balaban J connectivity index is 0.00000243. The van der Waals surface area contributed by atoms with Crippen molar-refractivity contribution in [3.8, 4) is 0 Å². The second kappa shape index (κ2) is 8.79. The molecule has 2 aliphatic heterocycles. The molecule has 0 aliphatic carbocycles. The van der Waals surface area contributed by atoms with Crippen molar-refractivity contribution < 1.29 is 14.5 Å². The Kier molecular flexibility index (Phi) is 6.96. The van der Waals surface area contributed by atoms with Crippen molar-refractivity contribution >= 4 is 40.6 Å². The molecule has 3 rings (SSSR count). The number of amides is 2. The van der Waals surface area contributed by atoms with Crippen molar-refractivity contribution in [2.45, 2.75) is 50.7 Å². The molecule has 0 aromatic carbocycles. The molecule has 1 aromatic rings. The molecule has 3 heterocycles. The Morgan fingerprint density at radius 1 is 1.35 bits per heavy atom. The number of rotatable bonds is 4. The van der Waals surface area contributed by atoms with Gasteiger partial charge in [-0.25, -0.2) is 0 Å². The number of thiophene rings is 1. The van der Waals surface area contributed by atoms with Crippen LogP contribution in [0.5, 0.6) is 0 Å². The third-order valence-corrected chi connectivity index (χ3v) is 5.91. The van der Waals surface area contributed by atoms with E-state index < -0.39 is 11.0 Å². The number of piperidine rings is 1.